The quantitative estimate of drug-likeness (QED) is 0.364. The van der Waals surface area contributed by atoms with Crippen LogP contribution in [-0.4, -0.2) is 61.0 Å². The van der Waals surface area contributed by atoms with Crippen molar-refractivity contribution in [3.05, 3.63) is 0 Å². The topological polar surface area (TPSA) is 162 Å². The fraction of sp³-hybridized carbons (Fsp3) is 0.700. The third kappa shape index (κ3) is 9.62. The summed E-state index contributed by atoms with van der Waals surface area (Å²) in [5, 5.41) is 21.5. The molecular weight excluding hydrogens is 306 g/mol. The Morgan fingerprint density at radius 1 is 1.19 bits per heavy atom. The molecule has 0 saturated heterocycles. The van der Waals surface area contributed by atoms with E-state index in [2.05, 4.69) is 10.0 Å². The highest BCUT2D eigenvalue weighted by Crippen LogP contribution is 2.02. The Bertz CT molecular complexity index is 515. The van der Waals surface area contributed by atoms with Gasteiger partial charge in [0, 0.05) is 12.1 Å². The number of amides is 2. The number of nitrogens with one attached hydrogen (secondary N) is 3. The van der Waals surface area contributed by atoms with Gasteiger partial charge in [0.2, 0.25) is 10.0 Å². The summed E-state index contributed by atoms with van der Waals surface area (Å²) < 4.78 is 24.5. The summed E-state index contributed by atoms with van der Waals surface area (Å²) >= 11 is 0. The van der Waals surface area contributed by atoms with Gasteiger partial charge in [-0.2, -0.15) is 0 Å². The molecule has 0 aromatic heterocycles. The molecule has 5 N–H and O–H groups in total. The first-order valence-corrected chi connectivity index (χ1v) is 7.69. The van der Waals surface area contributed by atoms with Gasteiger partial charge < -0.3 is 20.8 Å². The molecule has 0 saturated carbocycles. The SMILES string of the molecule is CC(C)(CNC(=O)NC(CC(=O)O)C(=O)O)NS(C)(=O)=O. The Morgan fingerprint density at radius 3 is 2.10 bits per heavy atom. The Kier molecular flexibility index (Phi) is 6.57. The van der Waals surface area contributed by atoms with Crippen LogP contribution in [0, 0.1) is 0 Å². The summed E-state index contributed by atoms with van der Waals surface area (Å²) in [4.78, 5) is 32.7. The van der Waals surface area contributed by atoms with E-state index >= 15 is 0 Å². The number of urea groups is 1. The van der Waals surface area contributed by atoms with Gasteiger partial charge in [0.1, 0.15) is 6.04 Å². The fourth-order valence-corrected chi connectivity index (χ4v) is 2.50. The van der Waals surface area contributed by atoms with Crippen molar-refractivity contribution in [3.8, 4) is 0 Å². The minimum Gasteiger partial charge on any atom is -0.481 e. The summed E-state index contributed by atoms with van der Waals surface area (Å²) in [7, 11) is -3.48. The van der Waals surface area contributed by atoms with Gasteiger partial charge in [-0.1, -0.05) is 0 Å². The van der Waals surface area contributed by atoms with E-state index in [-0.39, 0.29) is 6.54 Å². The highest BCUT2D eigenvalue weighted by atomic mass is 32.2. The smallest absolute Gasteiger partial charge is 0.326 e. The molecule has 1 unspecified atom stereocenters. The van der Waals surface area contributed by atoms with Gasteiger partial charge in [0.05, 0.1) is 12.7 Å². The third-order valence-corrected chi connectivity index (χ3v) is 3.06. The van der Waals surface area contributed by atoms with E-state index in [4.69, 9.17) is 10.2 Å². The number of carbonyl (C=O) groups excluding carboxylic acids is 1. The van der Waals surface area contributed by atoms with Crippen molar-refractivity contribution in [2.45, 2.75) is 31.8 Å². The van der Waals surface area contributed by atoms with Gasteiger partial charge in [0.15, 0.2) is 0 Å². The molecule has 0 spiro atoms. The first kappa shape index (κ1) is 19.1. The van der Waals surface area contributed by atoms with Crippen LogP contribution in [0.3, 0.4) is 0 Å². The minimum absolute atomic E-state index is 0.120. The zero-order chi connectivity index (χ0) is 16.8. The Hall–Kier alpha value is -1.88. The number of rotatable bonds is 8. The largest absolute Gasteiger partial charge is 0.481 e. The van der Waals surface area contributed by atoms with Gasteiger partial charge in [-0.3, -0.25) is 4.79 Å². The van der Waals surface area contributed by atoms with Crippen LogP contribution in [0.5, 0.6) is 0 Å². The molecule has 0 aliphatic carbocycles. The van der Waals surface area contributed by atoms with Crippen LogP contribution in [0.4, 0.5) is 4.79 Å². The van der Waals surface area contributed by atoms with Crippen LogP contribution >= 0.6 is 0 Å². The standard InChI is InChI=1S/C10H19N3O7S/c1-10(2,13-21(3,19)20)5-11-9(18)12-6(8(16)17)4-7(14)15/h6,13H,4-5H2,1-3H3,(H,14,15)(H,16,17)(H2,11,12,18). The third-order valence-electron chi connectivity index (χ3n) is 2.13. The number of hydrogen-bond donors (Lipinski definition) is 5. The van der Waals surface area contributed by atoms with E-state index in [1.165, 1.54) is 13.8 Å². The molecule has 0 bridgehead atoms. The lowest BCUT2D eigenvalue weighted by Gasteiger charge is -2.25. The van der Waals surface area contributed by atoms with Gasteiger partial charge in [-0.05, 0) is 13.8 Å². The molecule has 1 atom stereocenters. The molecule has 0 aliphatic rings. The molecule has 2 amide bonds. The average Bonchev–Trinajstić information content (AvgIpc) is 2.21. The predicted molar refractivity (Wildman–Crippen MR) is 72.3 cm³/mol. The second kappa shape index (κ2) is 7.22. The van der Waals surface area contributed by atoms with Crippen molar-refractivity contribution in [3.63, 3.8) is 0 Å². The molecule has 11 heteroatoms. The zero-order valence-electron chi connectivity index (χ0n) is 11.8. The number of sulfonamides is 1. The summed E-state index contributed by atoms with van der Waals surface area (Å²) in [5.74, 6) is -2.86. The molecule has 0 aromatic carbocycles. The van der Waals surface area contributed by atoms with Gasteiger partial charge >= 0.3 is 18.0 Å². The van der Waals surface area contributed by atoms with Crippen molar-refractivity contribution in [2.75, 3.05) is 12.8 Å². The fourth-order valence-electron chi connectivity index (χ4n) is 1.42. The van der Waals surface area contributed by atoms with E-state index in [9.17, 15) is 22.8 Å². The number of aliphatic carboxylic acids is 2. The Labute approximate surface area is 122 Å². The Balaban J connectivity index is 4.49. The predicted octanol–water partition coefficient (Wildman–Crippen LogP) is -1.46. The van der Waals surface area contributed by atoms with Gasteiger partial charge in [0.25, 0.3) is 0 Å². The highest BCUT2D eigenvalue weighted by molar-refractivity contribution is 7.88. The van der Waals surface area contributed by atoms with Crippen molar-refractivity contribution in [2.24, 2.45) is 0 Å². The van der Waals surface area contributed by atoms with Crippen molar-refractivity contribution in [1.29, 1.82) is 0 Å². The maximum atomic E-state index is 11.5. The lowest BCUT2D eigenvalue weighted by Crippen LogP contribution is -2.54. The van der Waals surface area contributed by atoms with Crippen molar-refractivity contribution < 1.29 is 33.0 Å². The minimum atomic E-state index is -3.48. The van der Waals surface area contributed by atoms with Crippen LogP contribution in [0.15, 0.2) is 0 Å². The normalized spacial score (nSPS) is 13.3. The van der Waals surface area contributed by atoms with Crippen LogP contribution in [0.2, 0.25) is 0 Å². The van der Waals surface area contributed by atoms with E-state index < -0.39 is 46.0 Å². The second-order valence-corrected chi connectivity index (χ2v) is 6.82. The molecule has 122 valence electrons. The molecular formula is C10H19N3O7S. The first-order valence-electron chi connectivity index (χ1n) is 5.80. The maximum Gasteiger partial charge on any atom is 0.326 e. The number of hydrogen-bond acceptors (Lipinski definition) is 5. The summed E-state index contributed by atoms with van der Waals surface area (Å²) in [5.41, 5.74) is -0.990. The second-order valence-electron chi connectivity index (χ2n) is 5.07. The van der Waals surface area contributed by atoms with E-state index in [1.54, 1.807) is 0 Å². The lowest BCUT2D eigenvalue weighted by molar-refractivity contribution is -0.145. The molecule has 0 rings (SSSR count). The van der Waals surface area contributed by atoms with E-state index in [0.717, 1.165) is 6.26 Å². The monoisotopic (exact) mass is 325 g/mol. The molecule has 21 heavy (non-hydrogen) atoms. The lowest BCUT2D eigenvalue weighted by atomic mass is 10.1. The van der Waals surface area contributed by atoms with E-state index in [1.807, 2.05) is 5.32 Å². The Morgan fingerprint density at radius 2 is 1.71 bits per heavy atom. The molecule has 0 fully saturated rings. The summed E-state index contributed by atoms with van der Waals surface area (Å²) in [6.07, 6.45) is 0.190. The zero-order valence-corrected chi connectivity index (χ0v) is 12.7. The first-order chi connectivity index (χ1) is 9.32. The van der Waals surface area contributed by atoms with Gasteiger partial charge in [-0.25, -0.2) is 22.7 Å². The van der Waals surface area contributed by atoms with Crippen LogP contribution in [0.1, 0.15) is 20.3 Å². The maximum absolute atomic E-state index is 11.5. The molecule has 0 aliphatic heterocycles. The van der Waals surface area contributed by atoms with Gasteiger partial charge in [-0.15, -0.1) is 0 Å². The van der Waals surface area contributed by atoms with Crippen molar-refractivity contribution >= 4 is 28.0 Å². The number of carbonyl (C=O) groups is 3. The molecule has 0 radical (unpaired) electrons. The van der Waals surface area contributed by atoms with E-state index in [0.29, 0.717) is 0 Å². The number of carboxylic acids is 2. The van der Waals surface area contributed by atoms with Crippen molar-refractivity contribution in [1.82, 2.24) is 15.4 Å². The molecule has 10 nitrogen and oxygen atoms in total. The highest BCUT2D eigenvalue weighted by Gasteiger charge is 2.26. The average molecular weight is 325 g/mol. The molecule has 0 heterocycles. The molecule has 0 aromatic rings. The summed E-state index contributed by atoms with van der Waals surface area (Å²) in [6, 6.07) is -2.49. The summed E-state index contributed by atoms with van der Waals surface area (Å²) in [6.45, 7) is 2.91. The van der Waals surface area contributed by atoms with Crippen LogP contribution < -0.4 is 15.4 Å². The van der Waals surface area contributed by atoms with Crippen LogP contribution in [0.25, 0.3) is 0 Å². The number of carboxylic acid groups (broad SMARTS) is 2. The van der Waals surface area contributed by atoms with Crippen LogP contribution in [-0.2, 0) is 19.6 Å².